The average Bonchev–Trinajstić information content (AvgIpc) is 2.15. The van der Waals surface area contributed by atoms with Crippen molar-refractivity contribution in [3.63, 3.8) is 0 Å². The minimum atomic E-state index is -0.00815. The second-order valence-electron chi connectivity index (χ2n) is 3.80. The molecule has 1 unspecified atom stereocenters. The highest BCUT2D eigenvalue weighted by Gasteiger charge is 2.24. The van der Waals surface area contributed by atoms with Gasteiger partial charge in [0, 0.05) is 21.5 Å². The zero-order valence-corrected chi connectivity index (χ0v) is 10.6. The first-order chi connectivity index (χ1) is 7.58. The van der Waals surface area contributed by atoms with Crippen LogP contribution in [0.4, 0.5) is 0 Å². The summed E-state index contributed by atoms with van der Waals surface area (Å²) in [7, 11) is 0. The third-order valence-corrected chi connectivity index (χ3v) is 3.54. The third-order valence-electron chi connectivity index (χ3n) is 2.61. The van der Waals surface area contributed by atoms with Crippen molar-refractivity contribution in [1.82, 2.24) is 0 Å². The monoisotopic (exact) mass is 274 g/mol. The van der Waals surface area contributed by atoms with Gasteiger partial charge in [-0.2, -0.15) is 0 Å². The molecule has 84 valence electrons. The lowest BCUT2D eigenvalue weighted by Crippen LogP contribution is -2.11. The summed E-state index contributed by atoms with van der Waals surface area (Å²) in [6, 6.07) is 5.34. The SMILES string of the molecule is O=C1C=C(Cl)CC(c2c(Cl)cccc2Cl)C1. The second kappa shape index (κ2) is 4.79. The van der Waals surface area contributed by atoms with Crippen molar-refractivity contribution in [2.24, 2.45) is 0 Å². The number of hydrogen-bond acceptors (Lipinski definition) is 1. The molecule has 4 heteroatoms. The van der Waals surface area contributed by atoms with Crippen LogP contribution in [0.3, 0.4) is 0 Å². The number of carbonyl (C=O) groups is 1. The van der Waals surface area contributed by atoms with Crippen LogP contribution in [0.25, 0.3) is 0 Å². The Morgan fingerprint density at radius 2 is 1.69 bits per heavy atom. The van der Waals surface area contributed by atoms with E-state index >= 15 is 0 Å². The normalized spacial score (nSPS) is 20.8. The van der Waals surface area contributed by atoms with Crippen molar-refractivity contribution < 1.29 is 4.79 Å². The van der Waals surface area contributed by atoms with Crippen molar-refractivity contribution in [3.05, 3.63) is 44.9 Å². The van der Waals surface area contributed by atoms with Gasteiger partial charge in [-0.1, -0.05) is 40.9 Å². The van der Waals surface area contributed by atoms with Gasteiger partial charge in [0.2, 0.25) is 0 Å². The van der Waals surface area contributed by atoms with E-state index in [-0.39, 0.29) is 11.7 Å². The molecular formula is C12H9Cl3O. The molecule has 0 amide bonds. The van der Waals surface area contributed by atoms with Crippen LogP contribution in [0.1, 0.15) is 24.3 Å². The van der Waals surface area contributed by atoms with Crippen LogP contribution < -0.4 is 0 Å². The highest BCUT2D eigenvalue weighted by atomic mass is 35.5. The Kier molecular flexibility index (Phi) is 3.58. The fourth-order valence-electron chi connectivity index (χ4n) is 1.95. The van der Waals surface area contributed by atoms with E-state index in [4.69, 9.17) is 34.8 Å². The van der Waals surface area contributed by atoms with Crippen LogP contribution in [0.2, 0.25) is 10.0 Å². The lowest BCUT2D eigenvalue weighted by molar-refractivity contribution is -0.115. The van der Waals surface area contributed by atoms with Crippen LogP contribution in [0.5, 0.6) is 0 Å². The molecule has 0 spiro atoms. The first-order valence-electron chi connectivity index (χ1n) is 4.90. The highest BCUT2D eigenvalue weighted by molar-refractivity contribution is 6.36. The Bertz CT molecular complexity index is 445. The van der Waals surface area contributed by atoms with E-state index in [0.717, 1.165) is 5.56 Å². The predicted octanol–water partition coefficient (Wildman–Crippen LogP) is 4.56. The molecule has 0 fully saturated rings. The molecular weight excluding hydrogens is 266 g/mol. The molecule has 16 heavy (non-hydrogen) atoms. The van der Waals surface area contributed by atoms with E-state index in [1.807, 2.05) is 0 Å². The summed E-state index contributed by atoms with van der Waals surface area (Å²) >= 11 is 18.1. The second-order valence-corrected chi connectivity index (χ2v) is 5.10. The lowest BCUT2D eigenvalue weighted by atomic mass is 9.87. The summed E-state index contributed by atoms with van der Waals surface area (Å²) < 4.78 is 0. The summed E-state index contributed by atoms with van der Waals surface area (Å²) in [4.78, 5) is 11.4. The van der Waals surface area contributed by atoms with Gasteiger partial charge in [-0.25, -0.2) is 0 Å². The Balaban J connectivity index is 2.39. The van der Waals surface area contributed by atoms with Gasteiger partial charge in [0.15, 0.2) is 5.78 Å². The topological polar surface area (TPSA) is 17.1 Å². The van der Waals surface area contributed by atoms with Gasteiger partial charge in [0.25, 0.3) is 0 Å². The third kappa shape index (κ3) is 2.42. The summed E-state index contributed by atoms with van der Waals surface area (Å²) in [5.41, 5.74) is 0.824. The van der Waals surface area contributed by atoms with Gasteiger partial charge >= 0.3 is 0 Å². The highest BCUT2D eigenvalue weighted by Crippen LogP contribution is 2.39. The van der Waals surface area contributed by atoms with Crippen molar-refractivity contribution in [2.45, 2.75) is 18.8 Å². The molecule has 0 N–H and O–H groups in total. The average molecular weight is 276 g/mol. The van der Waals surface area contributed by atoms with Crippen molar-refractivity contribution in [1.29, 1.82) is 0 Å². The fraction of sp³-hybridized carbons (Fsp3) is 0.250. The number of benzene rings is 1. The molecule has 0 saturated carbocycles. The maximum atomic E-state index is 11.4. The first-order valence-corrected chi connectivity index (χ1v) is 6.04. The van der Waals surface area contributed by atoms with Crippen LogP contribution in [0.15, 0.2) is 29.3 Å². The molecule has 1 aromatic rings. The molecule has 1 aliphatic carbocycles. The molecule has 1 atom stereocenters. The van der Waals surface area contributed by atoms with Gasteiger partial charge in [-0.3, -0.25) is 4.79 Å². The van der Waals surface area contributed by atoms with E-state index < -0.39 is 0 Å². The standard InChI is InChI=1S/C12H9Cl3O/c13-8-4-7(5-9(16)6-8)12-10(14)2-1-3-11(12)15/h1-3,6-7H,4-5H2. The van der Waals surface area contributed by atoms with Gasteiger partial charge in [0.1, 0.15) is 0 Å². The van der Waals surface area contributed by atoms with Crippen molar-refractivity contribution in [2.75, 3.05) is 0 Å². The Morgan fingerprint density at radius 1 is 1.06 bits per heavy atom. The van der Waals surface area contributed by atoms with E-state index in [0.29, 0.717) is 27.9 Å². The lowest BCUT2D eigenvalue weighted by Gasteiger charge is -2.21. The van der Waals surface area contributed by atoms with Gasteiger partial charge in [-0.05, 0) is 36.1 Å². The minimum Gasteiger partial charge on any atom is -0.295 e. The molecule has 0 aliphatic heterocycles. The number of allylic oxidation sites excluding steroid dienone is 2. The Hall–Kier alpha value is -0.500. The van der Waals surface area contributed by atoms with E-state index in [2.05, 4.69) is 0 Å². The van der Waals surface area contributed by atoms with Gasteiger partial charge < -0.3 is 0 Å². The maximum Gasteiger partial charge on any atom is 0.157 e. The van der Waals surface area contributed by atoms with Crippen molar-refractivity contribution in [3.8, 4) is 0 Å². The van der Waals surface area contributed by atoms with E-state index in [1.165, 1.54) is 6.08 Å². The number of carbonyl (C=O) groups excluding carboxylic acids is 1. The first kappa shape index (κ1) is 12.0. The summed E-state index contributed by atoms with van der Waals surface area (Å²) in [5.74, 6) is 0.0171. The molecule has 0 bridgehead atoms. The molecule has 1 aliphatic rings. The van der Waals surface area contributed by atoms with Gasteiger partial charge in [0.05, 0.1) is 0 Å². The largest absolute Gasteiger partial charge is 0.295 e. The molecule has 2 rings (SSSR count). The Labute approximate surface area is 109 Å². The molecule has 1 nitrogen and oxygen atoms in total. The Morgan fingerprint density at radius 3 is 2.25 bits per heavy atom. The number of rotatable bonds is 1. The van der Waals surface area contributed by atoms with Crippen LogP contribution >= 0.6 is 34.8 Å². The fourth-order valence-corrected chi connectivity index (χ4v) is 2.96. The van der Waals surface area contributed by atoms with Crippen LogP contribution in [0, 0.1) is 0 Å². The van der Waals surface area contributed by atoms with E-state index in [1.54, 1.807) is 18.2 Å². The predicted molar refractivity (Wildman–Crippen MR) is 67.4 cm³/mol. The zero-order valence-electron chi connectivity index (χ0n) is 8.34. The maximum absolute atomic E-state index is 11.4. The summed E-state index contributed by atoms with van der Waals surface area (Å²) in [5, 5.41) is 1.76. The van der Waals surface area contributed by atoms with Gasteiger partial charge in [-0.15, -0.1) is 0 Å². The summed E-state index contributed by atoms with van der Waals surface area (Å²) in [6.45, 7) is 0. The quantitative estimate of drug-likeness (QED) is 0.734. The number of ketones is 1. The molecule has 0 radical (unpaired) electrons. The molecule has 1 aromatic carbocycles. The summed E-state index contributed by atoms with van der Waals surface area (Å²) in [6.07, 6.45) is 2.51. The zero-order chi connectivity index (χ0) is 11.7. The number of hydrogen-bond donors (Lipinski definition) is 0. The van der Waals surface area contributed by atoms with Crippen LogP contribution in [-0.2, 0) is 4.79 Å². The van der Waals surface area contributed by atoms with E-state index in [9.17, 15) is 4.79 Å². The molecule has 0 heterocycles. The minimum absolute atomic E-state index is 0.00815. The number of halogens is 3. The van der Waals surface area contributed by atoms with Crippen LogP contribution in [-0.4, -0.2) is 5.78 Å². The smallest absolute Gasteiger partial charge is 0.157 e. The molecule has 0 saturated heterocycles. The van der Waals surface area contributed by atoms with Crippen molar-refractivity contribution >= 4 is 40.6 Å². The molecule has 0 aromatic heterocycles.